The summed E-state index contributed by atoms with van der Waals surface area (Å²) < 4.78 is 0. The van der Waals surface area contributed by atoms with Gasteiger partial charge >= 0.3 is 0 Å². The molecule has 3 rings (SSSR count). The Morgan fingerprint density at radius 1 is 0.852 bits per heavy atom. The molecule has 0 radical (unpaired) electrons. The Labute approximate surface area is 170 Å². The van der Waals surface area contributed by atoms with Crippen LogP contribution >= 0.6 is 23.2 Å². The molecular weight excluding hydrogens is 387 g/mol. The number of hydrogen-bond donors (Lipinski definition) is 0. The van der Waals surface area contributed by atoms with E-state index in [4.69, 9.17) is 23.2 Å². The molecule has 0 spiro atoms. The highest BCUT2D eigenvalue weighted by Crippen LogP contribution is 2.23. The van der Waals surface area contributed by atoms with Gasteiger partial charge in [0.1, 0.15) is 0 Å². The summed E-state index contributed by atoms with van der Waals surface area (Å²) in [5, 5.41) is 0.825. The van der Waals surface area contributed by atoms with Crippen LogP contribution in [0, 0.1) is 0 Å². The molecule has 0 aliphatic carbocycles. The van der Waals surface area contributed by atoms with Crippen LogP contribution in [0.15, 0.2) is 18.2 Å². The van der Waals surface area contributed by atoms with Gasteiger partial charge in [-0.15, -0.1) is 0 Å². The molecule has 6 nitrogen and oxygen atoms in total. The number of carbonyl (C=O) groups excluding carboxylic acids is 2. The minimum absolute atomic E-state index is 0.0461. The molecular formula is C19H26Cl2N4O2. The molecule has 0 N–H and O–H groups in total. The average Bonchev–Trinajstić information content (AvgIpc) is 2.70. The molecule has 148 valence electrons. The number of piperazine rings is 2. The van der Waals surface area contributed by atoms with E-state index in [1.807, 2.05) is 4.90 Å². The van der Waals surface area contributed by atoms with E-state index in [-0.39, 0.29) is 11.8 Å². The number of nitrogens with zero attached hydrogens (tertiary/aromatic N) is 4. The second-order valence-electron chi connectivity index (χ2n) is 7.01. The molecule has 2 amide bonds. The number of halogens is 2. The predicted octanol–water partition coefficient (Wildman–Crippen LogP) is 1.92. The van der Waals surface area contributed by atoms with Crippen molar-refractivity contribution in [2.45, 2.75) is 6.92 Å². The summed E-state index contributed by atoms with van der Waals surface area (Å²) in [6.45, 7) is 9.76. The first-order chi connectivity index (χ1) is 13.0. The molecule has 0 bridgehead atoms. The summed E-state index contributed by atoms with van der Waals surface area (Å²) in [4.78, 5) is 33.4. The minimum Gasteiger partial charge on any atom is -0.339 e. The Morgan fingerprint density at radius 3 is 2.04 bits per heavy atom. The fraction of sp³-hybridized carbons (Fsp3) is 0.579. The van der Waals surface area contributed by atoms with E-state index in [0.29, 0.717) is 48.3 Å². The third kappa shape index (κ3) is 5.13. The van der Waals surface area contributed by atoms with Crippen molar-refractivity contribution in [2.24, 2.45) is 0 Å². The number of hydrogen-bond acceptors (Lipinski definition) is 4. The predicted molar refractivity (Wildman–Crippen MR) is 107 cm³/mol. The van der Waals surface area contributed by atoms with E-state index in [0.717, 1.165) is 32.7 Å². The summed E-state index contributed by atoms with van der Waals surface area (Å²) in [5.74, 6) is 0.144. The highest BCUT2D eigenvalue weighted by atomic mass is 35.5. The molecule has 0 unspecified atom stereocenters. The summed E-state index contributed by atoms with van der Waals surface area (Å²) >= 11 is 11.9. The Balaban J connectivity index is 1.46. The van der Waals surface area contributed by atoms with Crippen LogP contribution in [0.3, 0.4) is 0 Å². The Kier molecular flexibility index (Phi) is 6.98. The lowest BCUT2D eigenvalue weighted by Gasteiger charge is -2.37. The lowest BCUT2D eigenvalue weighted by atomic mass is 10.2. The molecule has 1 aromatic carbocycles. The molecule has 0 aromatic heterocycles. The highest BCUT2D eigenvalue weighted by molar-refractivity contribution is 6.42. The first kappa shape index (κ1) is 20.4. The number of carbonyl (C=O) groups is 2. The SMILES string of the molecule is CCN1CCN(C(=O)CN2CCN(C(=O)c3ccc(Cl)c(Cl)c3)CC2)CC1. The van der Waals surface area contributed by atoms with Crippen molar-refractivity contribution in [3.63, 3.8) is 0 Å². The molecule has 0 saturated carbocycles. The van der Waals surface area contributed by atoms with Crippen LogP contribution in [-0.4, -0.2) is 96.9 Å². The zero-order chi connectivity index (χ0) is 19.4. The average molecular weight is 413 g/mol. The third-order valence-corrected chi connectivity index (χ3v) is 6.10. The van der Waals surface area contributed by atoms with Crippen LogP contribution in [0.4, 0.5) is 0 Å². The van der Waals surface area contributed by atoms with Crippen molar-refractivity contribution in [1.82, 2.24) is 19.6 Å². The van der Waals surface area contributed by atoms with Gasteiger partial charge in [0.25, 0.3) is 5.91 Å². The second kappa shape index (κ2) is 9.24. The number of likely N-dealkylation sites (N-methyl/N-ethyl adjacent to an activating group) is 1. The minimum atomic E-state index is -0.0461. The van der Waals surface area contributed by atoms with Crippen LogP contribution in [-0.2, 0) is 4.79 Å². The van der Waals surface area contributed by atoms with Crippen molar-refractivity contribution < 1.29 is 9.59 Å². The van der Waals surface area contributed by atoms with Crippen LogP contribution in [0.5, 0.6) is 0 Å². The Bertz CT molecular complexity index is 684. The van der Waals surface area contributed by atoms with Gasteiger partial charge in [0.05, 0.1) is 16.6 Å². The normalized spacial score (nSPS) is 19.4. The maximum absolute atomic E-state index is 12.6. The summed E-state index contributed by atoms with van der Waals surface area (Å²) in [7, 11) is 0. The Hall–Kier alpha value is -1.34. The van der Waals surface area contributed by atoms with Crippen molar-refractivity contribution in [3.05, 3.63) is 33.8 Å². The second-order valence-corrected chi connectivity index (χ2v) is 7.83. The largest absolute Gasteiger partial charge is 0.339 e. The fourth-order valence-corrected chi connectivity index (χ4v) is 3.82. The maximum atomic E-state index is 12.6. The lowest BCUT2D eigenvalue weighted by Crippen LogP contribution is -2.54. The zero-order valence-electron chi connectivity index (χ0n) is 15.7. The number of amides is 2. The van der Waals surface area contributed by atoms with Gasteiger partial charge in [-0.1, -0.05) is 30.1 Å². The van der Waals surface area contributed by atoms with E-state index in [2.05, 4.69) is 16.7 Å². The van der Waals surface area contributed by atoms with Crippen LogP contribution in [0.25, 0.3) is 0 Å². The van der Waals surface area contributed by atoms with Crippen molar-refractivity contribution in [3.8, 4) is 0 Å². The smallest absolute Gasteiger partial charge is 0.253 e. The van der Waals surface area contributed by atoms with Gasteiger partial charge in [-0.2, -0.15) is 0 Å². The van der Waals surface area contributed by atoms with E-state index < -0.39 is 0 Å². The van der Waals surface area contributed by atoms with Gasteiger partial charge in [0.2, 0.25) is 5.91 Å². The molecule has 8 heteroatoms. The molecule has 2 saturated heterocycles. The monoisotopic (exact) mass is 412 g/mol. The zero-order valence-corrected chi connectivity index (χ0v) is 17.2. The van der Waals surface area contributed by atoms with Gasteiger partial charge in [0.15, 0.2) is 0 Å². The van der Waals surface area contributed by atoms with E-state index in [1.54, 1.807) is 23.1 Å². The molecule has 2 aliphatic rings. The molecule has 27 heavy (non-hydrogen) atoms. The van der Waals surface area contributed by atoms with Gasteiger partial charge in [-0.05, 0) is 24.7 Å². The van der Waals surface area contributed by atoms with Gasteiger partial charge < -0.3 is 14.7 Å². The molecule has 1 aromatic rings. The van der Waals surface area contributed by atoms with Crippen LogP contribution < -0.4 is 0 Å². The Morgan fingerprint density at radius 2 is 1.44 bits per heavy atom. The maximum Gasteiger partial charge on any atom is 0.253 e. The van der Waals surface area contributed by atoms with Gasteiger partial charge in [-0.25, -0.2) is 0 Å². The number of rotatable bonds is 4. The van der Waals surface area contributed by atoms with E-state index in [9.17, 15) is 9.59 Å². The van der Waals surface area contributed by atoms with Crippen molar-refractivity contribution in [2.75, 3.05) is 65.4 Å². The molecule has 2 heterocycles. The lowest BCUT2D eigenvalue weighted by molar-refractivity contribution is -0.134. The first-order valence-corrected chi connectivity index (χ1v) is 10.2. The molecule has 2 fully saturated rings. The highest BCUT2D eigenvalue weighted by Gasteiger charge is 2.26. The van der Waals surface area contributed by atoms with Crippen LogP contribution in [0.2, 0.25) is 10.0 Å². The van der Waals surface area contributed by atoms with Gasteiger partial charge in [-0.3, -0.25) is 14.5 Å². The standard InChI is InChI=1S/C19H26Cl2N4O2/c1-2-22-5-9-24(10-6-22)18(26)14-23-7-11-25(12-8-23)19(27)15-3-4-16(20)17(21)13-15/h3-4,13H,2,5-12,14H2,1H3. The fourth-order valence-electron chi connectivity index (χ4n) is 3.53. The van der Waals surface area contributed by atoms with Gasteiger partial charge in [0, 0.05) is 57.9 Å². The topological polar surface area (TPSA) is 47.1 Å². The first-order valence-electron chi connectivity index (χ1n) is 9.44. The molecule has 2 aliphatic heterocycles. The summed E-state index contributed by atoms with van der Waals surface area (Å²) in [6, 6.07) is 4.95. The summed E-state index contributed by atoms with van der Waals surface area (Å²) in [5.41, 5.74) is 0.544. The molecule has 0 atom stereocenters. The van der Waals surface area contributed by atoms with Crippen molar-refractivity contribution in [1.29, 1.82) is 0 Å². The quantitative estimate of drug-likeness (QED) is 0.757. The number of benzene rings is 1. The third-order valence-electron chi connectivity index (χ3n) is 5.36. The van der Waals surface area contributed by atoms with E-state index >= 15 is 0 Å². The van der Waals surface area contributed by atoms with Crippen LogP contribution in [0.1, 0.15) is 17.3 Å². The van der Waals surface area contributed by atoms with Crippen molar-refractivity contribution >= 4 is 35.0 Å². The van der Waals surface area contributed by atoms with E-state index in [1.165, 1.54) is 0 Å². The summed E-state index contributed by atoms with van der Waals surface area (Å²) in [6.07, 6.45) is 0.